The SMILES string of the molecule is C[C@]1(O)CCCC[C@H]1C(=O)c1ccccc1. The van der Waals surface area contributed by atoms with Gasteiger partial charge in [-0.1, -0.05) is 43.2 Å². The van der Waals surface area contributed by atoms with Crippen molar-refractivity contribution in [2.75, 3.05) is 0 Å². The second-order valence-corrected chi connectivity index (χ2v) is 4.89. The van der Waals surface area contributed by atoms with Gasteiger partial charge in [0.15, 0.2) is 5.78 Å². The molecule has 1 aliphatic carbocycles. The fourth-order valence-electron chi connectivity index (χ4n) is 2.53. The number of aliphatic hydroxyl groups is 1. The van der Waals surface area contributed by atoms with Crippen LogP contribution in [-0.4, -0.2) is 16.5 Å². The maximum absolute atomic E-state index is 12.3. The molecule has 0 aliphatic heterocycles. The van der Waals surface area contributed by atoms with Crippen LogP contribution in [0.2, 0.25) is 0 Å². The highest BCUT2D eigenvalue weighted by Gasteiger charge is 2.39. The Morgan fingerprint density at radius 2 is 2.00 bits per heavy atom. The Balaban J connectivity index is 2.21. The zero-order valence-electron chi connectivity index (χ0n) is 9.65. The van der Waals surface area contributed by atoms with Crippen molar-refractivity contribution in [3.63, 3.8) is 0 Å². The van der Waals surface area contributed by atoms with Crippen LogP contribution in [0.1, 0.15) is 43.0 Å². The van der Waals surface area contributed by atoms with Gasteiger partial charge in [-0.2, -0.15) is 0 Å². The van der Waals surface area contributed by atoms with E-state index < -0.39 is 5.60 Å². The lowest BCUT2D eigenvalue weighted by Gasteiger charge is -2.36. The zero-order chi connectivity index (χ0) is 11.6. The Morgan fingerprint density at radius 3 is 2.62 bits per heavy atom. The monoisotopic (exact) mass is 218 g/mol. The highest BCUT2D eigenvalue weighted by atomic mass is 16.3. The molecule has 0 radical (unpaired) electrons. The number of Topliss-reactive ketones (excluding diaryl/α,β-unsaturated/α-hetero) is 1. The van der Waals surface area contributed by atoms with E-state index in [1.54, 1.807) is 6.92 Å². The van der Waals surface area contributed by atoms with Crippen LogP contribution in [0.15, 0.2) is 30.3 Å². The molecule has 0 saturated heterocycles. The molecule has 1 aliphatic rings. The summed E-state index contributed by atoms with van der Waals surface area (Å²) < 4.78 is 0. The average molecular weight is 218 g/mol. The highest BCUT2D eigenvalue weighted by molar-refractivity contribution is 5.98. The van der Waals surface area contributed by atoms with Gasteiger partial charge in [0.25, 0.3) is 0 Å². The molecule has 0 aromatic heterocycles. The van der Waals surface area contributed by atoms with Crippen LogP contribution < -0.4 is 0 Å². The van der Waals surface area contributed by atoms with Crippen molar-refractivity contribution in [2.24, 2.45) is 5.92 Å². The van der Waals surface area contributed by atoms with Gasteiger partial charge in [0.2, 0.25) is 0 Å². The fourth-order valence-corrected chi connectivity index (χ4v) is 2.53. The first kappa shape index (κ1) is 11.3. The standard InChI is InChI=1S/C14H18O2/c1-14(16)10-6-5-9-12(14)13(15)11-7-3-2-4-8-11/h2-4,7-8,12,16H,5-6,9-10H2,1H3/t12-,14-/m0/s1. The van der Waals surface area contributed by atoms with Gasteiger partial charge in [0.05, 0.1) is 11.5 Å². The van der Waals surface area contributed by atoms with Crippen LogP contribution in [-0.2, 0) is 0 Å². The molecule has 0 unspecified atom stereocenters. The van der Waals surface area contributed by atoms with E-state index in [0.717, 1.165) is 31.2 Å². The lowest BCUT2D eigenvalue weighted by molar-refractivity contribution is -0.0211. The summed E-state index contributed by atoms with van der Waals surface area (Å²) in [6.07, 6.45) is 3.60. The molecule has 2 rings (SSSR count). The molecule has 1 N–H and O–H groups in total. The normalized spacial score (nSPS) is 30.0. The van der Waals surface area contributed by atoms with Crippen molar-refractivity contribution < 1.29 is 9.90 Å². The van der Waals surface area contributed by atoms with Crippen LogP contribution in [0.3, 0.4) is 0 Å². The van der Waals surface area contributed by atoms with Gasteiger partial charge in [-0.05, 0) is 19.8 Å². The summed E-state index contributed by atoms with van der Waals surface area (Å²) in [6.45, 7) is 1.79. The molecule has 0 bridgehead atoms. The molecule has 86 valence electrons. The first-order chi connectivity index (χ1) is 7.61. The lowest BCUT2D eigenvalue weighted by atomic mass is 9.73. The number of ketones is 1. The number of rotatable bonds is 2. The Morgan fingerprint density at radius 1 is 1.31 bits per heavy atom. The molecule has 2 atom stereocenters. The number of benzene rings is 1. The molecule has 0 heterocycles. The van der Waals surface area contributed by atoms with Crippen LogP contribution in [0, 0.1) is 5.92 Å². The van der Waals surface area contributed by atoms with Crippen LogP contribution in [0.25, 0.3) is 0 Å². The molecular formula is C14H18O2. The molecule has 0 spiro atoms. The highest BCUT2D eigenvalue weighted by Crippen LogP contribution is 2.35. The summed E-state index contributed by atoms with van der Waals surface area (Å²) in [5.74, 6) is -0.144. The molecule has 2 nitrogen and oxygen atoms in total. The summed E-state index contributed by atoms with van der Waals surface area (Å²) in [5, 5.41) is 10.2. The maximum atomic E-state index is 12.3. The van der Waals surface area contributed by atoms with E-state index in [9.17, 15) is 9.90 Å². The molecule has 1 saturated carbocycles. The van der Waals surface area contributed by atoms with Crippen molar-refractivity contribution in [2.45, 2.75) is 38.2 Å². The van der Waals surface area contributed by atoms with Gasteiger partial charge in [-0.15, -0.1) is 0 Å². The summed E-state index contributed by atoms with van der Waals surface area (Å²) in [7, 11) is 0. The third-order valence-corrected chi connectivity index (χ3v) is 3.55. The van der Waals surface area contributed by atoms with Gasteiger partial charge in [-0.25, -0.2) is 0 Å². The summed E-state index contributed by atoms with van der Waals surface area (Å²) in [4.78, 5) is 12.3. The van der Waals surface area contributed by atoms with Gasteiger partial charge >= 0.3 is 0 Å². The van der Waals surface area contributed by atoms with Crippen LogP contribution >= 0.6 is 0 Å². The molecule has 1 aromatic rings. The number of carbonyl (C=O) groups excluding carboxylic acids is 1. The smallest absolute Gasteiger partial charge is 0.168 e. The Labute approximate surface area is 96.3 Å². The summed E-state index contributed by atoms with van der Waals surface area (Å²) >= 11 is 0. The number of carbonyl (C=O) groups is 1. The first-order valence-electron chi connectivity index (χ1n) is 5.93. The van der Waals surface area contributed by atoms with E-state index in [1.165, 1.54) is 0 Å². The lowest BCUT2D eigenvalue weighted by Crippen LogP contribution is -2.42. The fraction of sp³-hybridized carbons (Fsp3) is 0.500. The molecule has 0 amide bonds. The van der Waals surface area contributed by atoms with Crippen molar-refractivity contribution in [3.05, 3.63) is 35.9 Å². The Hall–Kier alpha value is -1.15. The van der Waals surface area contributed by atoms with Crippen LogP contribution in [0.5, 0.6) is 0 Å². The van der Waals surface area contributed by atoms with E-state index in [2.05, 4.69) is 0 Å². The quantitative estimate of drug-likeness (QED) is 0.775. The molecule has 16 heavy (non-hydrogen) atoms. The van der Waals surface area contributed by atoms with Gasteiger partial charge in [-0.3, -0.25) is 4.79 Å². The topological polar surface area (TPSA) is 37.3 Å². The first-order valence-corrected chi connectivity index (χ1v) is 5.93. The summed E-state index contributed by atoms with van der Waals surface area (Å²) in [6, 6.07) is 9.28. The second-order valence-electron chi connectivity index (χ2n) is 4.89. The van der Waals surface area contributed by atoms with E-state index in [-0.39, 0.29) is 11.7 Å². The third kappa shape index (κ3) is 2.17. The van der Waals surface area contributed by atoms with Crippen molar-refractivity contribution in [1.82, 2.24) is 0 Å². The molecule has 1 aromatic carbocycles. The van der Waals surface area contributed by atoms with Gasteiger partial charge in [0, 0.05) is 5.56 Å². The van der Waals surface area contributed by atoms with E-state index in [1.807, 2.05) is 30.3 Å². The minimum Gasteiger partial charge on any atom is -0.389 e. The van der Waals surface area contributed by atoms with Crippen molar-refractivity contribution in [1.29, 1.82) is 0 Å². The molecule has 1 fully saturated rings. The number of hydrogen-bond donors (Lipinski definition) is 1. The summed E-state index contributed by atoms with van der Waals surface area (Å²) in [5.41, 5.74) is -0.111. The molecular weight excluding hydrogens is 200 g/mol. The zero-order valence-corrected chi connectivity index (χ0v) is 9.65. The minimum absolute atomic E-state index is 0.0882. The number of hydrogen-bond acceptors (Lipinski definition) is 2. The van der Waals surface area contributed by atoms with Gasteiger partial charge in [0.1, 0.15) is 0 Å². The minimum atomic E-state index is -0.828. The van der Waals surface area contributed by atoms with Crippen molar-refractivity contribution >= 4 is 5.78 Å². The van der Waals surface area contributed by atoms with Crippen molar-refractivity contribution in [3.8, 4) is 0 Å². The Bertz CT molecular complexity index is 368. The predicted octanol–water partition coefficient (Wildman–Crippen LogP) is 2.81. The van der Waals surface area contributed by atoms with Gasteiger partial charge < -0.3 is 5.11 Å². The third-order valence-electron chi connectivity index (χ3n) is 3.55. The van der Waals surface area contributed by atoms with E-state index >= 15 is 0 Å². The maximum Gasteiger partial charge on any atom is 0.168 e. The molecule has 2 heteroatoms. The van der Waals surface area contributed by atoms with E-state index in [0.29, 0.717) is 0 Å². The second kappa shape index (κ2) is 4.38. The Kier molecular flexibility index (Phi) is 3.10. The predicted molar refractivity (Wildman–Crippen MR) is 63.4 cm³/mol. The largest absolute Gasteiger partial charge is 0.389 e. The van der Waals surface area contributed by atoms with E-state index in [4.69, 9.17) is 0 Å². The van der Waals surface area contributed by atoms with Crippen LogP contribution in [0.4, 0.5) is 0 Å². The average Bonchev–Trinajstić information content (AvgIpc) is 2.29.